The van der Waals surface area contributed by atoms with Crippen LogP contribution >= 0.6 is 11.8 Å². The molecular weight excluding hydrogens is 313 g/mol. The van der Waals surface area contributed by atoms with Gasteiger partial charge in [-0.2, -0.15) is 24.9 Å². The summed E-state index contributed by atoms with van der Waals surface area (Å²) >= 11 is 1.47. The number of nitrogens with one attached hydrogen (secondary N) is 1. The molecule has 7 heteroatoms. The van der Waals surface area contributed by atoms with Crippen LogP contribution in [-0.4, -0.2) is 17.4 Å². The van der Waals surface area contributed by atoms with E-state index in [4.69, 9.17) is 5.73 Å². The van der Waals surface area contributed by atoms with Crippen LogP contribution in [0.3, 0.4) is 0 Å². The maximum atomic E-state index is 12.8. The number of amides is 1. The first-order valence-electron chi connectivity index (χ1n) is 7.01. The minimum absolute atomic E-state index is 0.0179. The maximum Gasteiger partial charge on any atom is 0.416 e. The van der Waals surface area contributed by atoms with Gasteiger partial charge in [0, 0.05) is 12.2 Å². The van der Waals surface area contributed by atoms with E-state index in [1.54, 1.807) is 0 Å². The number of thioether (sulfide) groups is 1. The van der Waals surface area contributed by atoms with E-state index in [1.165, 1.54) is 17.8 Å². The molecule has 0 atom stereocenters. The van der Waals surface area contributed by atoms with Gasteiger partial charge in [0.2, 0.25) is 5.91 Å². The Balaban J connectivity index is 2.66. The minimum Gasteiger partial charge on any atom is -0.326 e. The lowest BCUT2D eigenvalue weighted by molar-refractivity contribution is -0.137. The van der Waals surface area contributed by atoms with Gasteiger partial charge in [0.15, 0.2) is 0 Å². The normalized spacial score (nSPS) is 11.8. The number of benzene rings is 1. The van der Waals surface area contributed by atoms with Crippen LogP contribution in [0.5, 0.6) is 0 Å². The van der Waals surface area contributed by atoms with E-state index < -0.39 is 11.7 Å². The van der Waals surface area contributed by atoms with Crippen molar-refractivity contribution in [1.29, 1.82) is 0 Å². The Hall–Kier alpha value is -1.21. The molecule has 0 radical (unpaired) electrons. The molecule has 0 aliphatic carbocycles. The Morgan fingerprint density at radius 3 is 2.55 bits per heavy atom. The van der Waals surface area contributed by atoms with Gasteiger partial charge in [0.1, 0.15) is 0 Å². The lowest BCUT2D eigenvalue weighted by atomic mass is 10.1. The SMILES string of the molecule is CC(C)CCSCC(=O)Nc1cc(CN)cc(C(F)(F)F)c1. The Morgan fingerprint density at radius 2 is 2.00 bits per heavy atom. The van der Waals surface area contributed by atoms with E-state index in [2.05, 4.69) is 19.2 Å². The standard InChI is InChI=1S/C15H21F3N2OS/c1-10(2)3-4-22-9-14(21)20-13-6-11(8-19)5-12(7-13)15(16,17)18/h5-7,10H,3-4,8-9,19H2,1-2H3,(H,20,21). The predicted octanol–water partition coefficient (Wildman–Crippen LogP) is 3.88. The van der Waals surface area contributed by atoms with Crippen molar-refractivity contribution in [3.05, 3.63) is 29.3 Å². The molecule has 3 N–H and O–H groups in total. The summed E-state index contributed by atoms with van der Waals surface area (Å²) in [5, 5.41) is 2.50. The quantitative estimate of drug-likeness (QED) is 0.744. The molecule has 0 bridgehead atoms. The Kier molecular flexibility index (Phi) is 7.22. The Bertz CT molecular complexity index is 504. The molecule has 124 valence electrons. The zero-order valence-electron chi connectivity index (χ0n) is 12.7. The van der Waals surface area contributed by atoms with Gasteiger partial charge in [-0.05, 0) is 41.9 Å². The molecule has 0 aromatic heterocycles. The predicted molar refractivity (Wildman–Crippen MR) is 84.7 cm³/mol. The fourth-order valence-electron chi connectivity index (χ4n) is 1.73. The van der Waals surface area contributed by atoms with Crippen LogP contribution in [0.15, 0.2) is 18.2 Å². The summed E-state index contributed by atoms with van der Waals surface area (Å²) in [6.45, 7) is 4.17. The van der Waals surface area contributed by atoms with Crippen molar-refractivity contribution in [2.24, 2.45) is 11.7 Å². The van der Waals surface area contributed by atoms with Gasteiger partial charge in [-0.1, -0.05) is 13.8 Å². The van der Waals surface area contributed by atoms with E-state index in [1.807, 2.05) is 0 Å². The molecule has 0 unspecified atom stereocenters. The molecule has 22 heavy (non-hydrogen) atoms. The maximum absolute atomic E-state index is 12.8. The van der Waals surface area contributed by atoms with Crippen molar-refractivity contribution in [3.63, 3.8) is 0 Å². The molecule has 1 amide bonds. The summed E-state index contributed by atoms with van der Waals surface area (Å²) in [4.78, 5) is 11.8. The van der Waals surface area contributed by atoms with Gasteiger partial charge in [-0.15, -0.1) is 0 Å². The summed E-state index contributed by atoms with van der Waals surface area (Å²) in [5.74, 6) is 1.32. The van der Waals surface area contributed by atoms with Crippen LogP contribution in [0.2, 0.25) is 0 Å². The van der Waals surface area contributed by atoms with Crippen LogP contribution < -0.4 is 11.1 Å². The van der Waals surface area contributed by atoms with E-state index in [0.29, 0.717) is 11.5 Å². The minimum atomic E-state index is -4.46. The number of carbonyl (C=O) groups excluding carboxylic acids is 1. The highest BCUT2D eigenvalue weighted by atomic mass is 32.2. The number of hydrogen-bond acceptors (Lipinski definition) is 3. The van der Waals surface area contributed by atoms with Crippen molar-refractivity contribution in [3.8, 4) is 0 Å². The van der Waals surface area contributed by atoms with Crippen LogP contribution in [0, 0.1) is 5.92 Å². The summed E-state index contributed by atoms with van der Waals surface area (Å²) in [7, 11) is 0. The fraction of sp³-hybridized carbons (Fsp3) is 0.533. The number of hydrogen-bond donors (Lipinski definition) is 2. The summed E-state index contributed by atoms with van der Waals surface area (Å²) in [6, 6.07) is 3.38. The van der Waals surface area contributed by atoms with Crippen LogP contribution in [-0.2, 0) is 17.5 Å². The molecule has 0 spiro atoms. The van der Waals surface area contributed by atoms with Gasteiger partial charge in [0.05, 0.1) is 11.3 Å². The lowest BCUT2D eigenvalue weighted by Crippen LogP contribution is -2.16. The molecule has 0 heterocycles. The van der Waals surface area contributed by atoms with E-state index >= 15 is 0 Å². The number of nitrogens with two attached hydrogens (primary N) is 1. The van der Waals surface area contributed by atoms with Crippen LogP contribution in [0.1, 0.15) is 31.4 Å². The molecule has 0 saturated carbocycles. The van der Waals surface area contributed by atoms with Gasteiger partial charge in [-0.3, -0.25) is 4.79 Å². The second-order valence-electron chi connectivity index (χ2n) is 5.40. The average molecular weight is 334 g/mol. The zero-order valence-corrected chi connectivity index (χ0v) is 13.5. The van der Waals surface area contributed by atoms with Gasteiger partial charge in [-0.25, -0.2) is 0 Å². The van der Waals surface area contributed by atoms with Crippen molar-refractivity contribution in [2.45, 2.75) is 33.0 Å². The largest absolute Gasteiger partial charge is 0.416 e. The van der Waals surface area contributed by atoms with Gasteiger partial charge < -0.3 is 11.1 Å². The molecule has 0 saturated heterocycles. The molecule has 3 nitrogen and oxygen atoms in total. The highest BCUT2D eigenvalue weighted by Gasteiger charge is 2.31. The smallest absolute Gasteiger partial charge is 0.326 e. The Labute approximate surface area is 132 Å². The number of halogens is 3. The molecule has 0 aliphatic heterocycles. The first-order valence-corrected chi connectivity index (χ1v) is 8.16. The van der Waals surface area contributed by atoms with Crippen molar-refractivity contribution in [1.82, 2.24) is 0 Å². The number of anilines is 1. The molecule has 0 aliphatic rings. The second-order valence-corrected chi connectivity index (χ2v) is 6.51. The number of alkyl halides is 3. The fourth-order valence-corrected chi connectivity index (χ4v) is 2.77. The van der Waals surface area contributed by atoms with Crippen LogP contribution in [0.25, 0.3) is 0 Å². The lowest BCUT2D eigenvalue weighted by Gasteiger charge is -2.12. The second kappa shape index (κ2) is 8.43. The average Bonchev–Trinajstić information content (AvgIpc) is 2.42. The summed E-state index contributed by atoms with van der Waals surface area (Å²) < 4.78 is 38.4. The van der Waals surface area contributed by atoms with Crippen molar-refractivity contribution < 1.29 is 18.0 Å². The molecule has 1 aromatic rings. The van der Waals surface area contributed by atoms with E-state index in [-0.39, 0.29) is 23.9 Å². The van der Waals surface area contributed by atoms with Gasteiger partial charge in [0.25, 0.3) is 0 Å². The third-order valence-corrected chi connectivity index (χ3v) is 3.90. The Morgan fingerprint density at radius 1 is 1.32 bits per heavy atom. The van der Waals surface area contributed by atoms with Gasteiger partial charge >= 0.3 is 6.18 Å². The summed E-state index contributed by atoms with van der Waals surface area (Å²) in [6.07, 6.45) is -3.46. The van der Waals surface area contributed by atoms with E-state index in [9.17, 15) is 18.0 Å². The monoisotopic (exact) mass is 334 g/mol. The van der Waals surface area contributed by atoms with E-state index in [0.717, 1.165) is 24.3 Å². The van der Waals surface area contributed by atoms with Crippen molar-refractivity contribution in [2.75, 3.05) is 16.8 Å². The third-order valence-electron chi connectivity index (χ3n) is 2.91. The first kappa shape index (κ1) is 18.8. The topological polar surface area (TPSA) is 55.1 Å². The highest BCUT2D eigenvalue weighted by Crippen LogP contribution is 2.32. The van der Waals surface area contributed by atoms with Crippen molar-refractivity contribution >= 4 is 23.4 Å². The zero-order chi connectivity index (χ0) is 16.8. The number of carbonyl (C=O) groups is 1. The molecular formula is C15H21F3N2OS. The molecule has 0 fully saturated rings. The first-order chi connectivity index (χ1) is 10.2. The highest BCUT2D eigenvalue weighted by molar-refractivity contribution is 7.99. The number of rotatable bonds is 7. The summed E-state index contributed by atoms with van der Waals surface area (Å²) in [5.41, 5.74) is 5.06. The third kappa shape index (κ3) is 6.70. The molecule has 1 rings (SSSR count). The molecule has 1 aromatic carbocycles. The van der Waals surface area contributed by atoms with Crippen LogP contribution in [0.4, 0.5) is 18.9 Å².